The second-order valence-electron chi connectivity index (χ2n) is 6.26. The zero-order chi connectivity index (χ0) is 19.6. The second-order valence-corrected chi connectivity index (χ2v) is 6.26. The number of guanidine groups is 1. The number of ether oxygens (including phenoxy) is 1. The van der Waals surface area contributed by atoms with Crippen LogP contribution in [0, 0.1) is 0 Å². The van der Waals surface area contributed by atoms with Gasteiger partial charge < -0.3 is 24.8 Å². The summed E-state index contributed by atoms with van der Waals surface area (Å²) in [5.74, 6) is 1.45. The number of aliphatic imine (C=N–C) groups is 1. The van der Waals surface area contributed by atoms with Crippen LogP contribution in [-0.2, 0) is 18.4 Å². The summed E-state index contributed by atoms with van der Waals surface area (Å²) in [6.45, 7) is 6.10. The predicted molar refractivity (Wildman–Crippen MR) is 109 cm³/mol. The van der Waals surface area contributed by atoms with Crippen LogP contribution < -0.4 is 15.4 Å². The van der Waals surface area contributed by atoms with Gasteiger partial charge in [0.05, 0.1) is 13.1 Å². The average Bonchev–Trinajstić information content (AvgIpc) is 3.02. The Balaban J connectivity index is 1.89. The third-order valence-corrected chi connectivity index (χ3v) is 3.92. The van der Waals surface area contributed by atoms with Crippen molar-refractivity contribution < 1.29 is 9.53 Å². The van der Waals surface area contributed by atoms with Crippen LogP contribution in [0.25, 0.3) is 0 Å². The fourth-order valence-electron chi connectivity index (χ4n) is 2.63. The maximum absolute atomic E-state index is 11.1. The molecule has 0 saturated heterocycles. The summed E-state index contributed by atoms with van der Waals surface area (Å²) in [5, 5.41) is 6.05. The number of amides is 1. The van der Waals surface area contributed by atoms with Gasteiger partial charge in [0.25, 0.3) is 0 Å². The van der Waals surface area contributed by atoms with Crippen molar-refractivity contribution in [3.63, 3.8) is 0 Å². The lowest BCUT2D eigenvalue weighted by molar-refractivity contribution is -0.114. The molecule has 0 unspecified atom stereocenters. The van der Waals surface area contributed by atoms with Gasteiger partial charge in [0, 0.05) is 51.2 Å². The van der Waals surface area contributed by atoms with E-state index in [-0.39, 0.29) is 5.91 Å². The van der Waals surface area contributed by atoms with Gasteiger partial charge in [-0.2, -0.15) is 0 Å². The molecule has 7 nitrogen and oxygen atoms in total. The summed E-state index contributed by atoms with van der Waals surface area (Å²) < 4.78 is 7.86. The number of aryl methyl sites for hydroxylation is 1. The predicted octanol–water partition coefficient (Wildman–Crippen LogP) is 2.46. The minimum atomic E-state index is -0.103. The molecule has 0 aliphatic carbocycles. The summed E-state index contributed by atoms with van der Waals surface area (Å²) in [6.07, 6.45) is 2.04. The molecule has 1 aromatic carbocycles. The van der Waals surface area contributed by atoms with Crippen molar-refractivity contribution in [1.82, 2.24) is 14.8 Å². The van der Waals surface area contributed by atoms with E-state index in [0.717, 1.165) is 24.7 Å². The summed E-state index contributed by atoms with van der Waals surface area (Å²) in [7, 11) is 4.06. The quantitative estimate of drug-likeness (QED) is 0.425. The van der Waals surface area contributed by atoms with Crippen molar-refractivity contribution in [1.29, 1.82) is 0 Å². The monoisotopic (exact) mass is 371 g/mol. The van der Waals surface area contributed by atoms with E-state index in [4.69, 9.17) is 4.74 Å². The summed E-state index contributed by atoms with van der Waals surface area (Å²) >= 11 is 0. The lowest BCUT2D eigenvalue weighted by Crippen LogP contribution is -2.39. The minimum absolute atomic E-state index is 0.103. The molecule has 2 aromatic rings. The van der Waals surface area contributed by atoms with Crippen molar-refractivity contribution in [2.24, 2.45) is 12.0 Å². The molecule has 0 bridgehead atoms. The zero-order valence-corrected chi connectivity index (χ0v) is 16.5. The summed E-state index contributed by atoms with van der Waals surface area (Å²) in [6, 6.07) is 11.5. The Morgan fingerprint density at radius 2 is 2.11 bits per heavy atom. The maximum Gasteiger partial charge on any atom is 0.221 e. The zero-order valence-electron chi connectivity index (χ0n) is 16.5. The highest BCUT2D eigenvalue weighted by Crippen LogP contribution is 2.17. The standard InChI is InChI=1S/C20H29N5O2/c1-5-21-20(25(4)15-18-9-7-12-24(18)3)22-11-13-27-19-10-6-8-17(14-19)23-16(2)26/h6-10,12,14H,5,11,13,15H2,1-4H3,(H,21,22)(H,23,26). The third-order valence-electron chi connectivity index (χ3n) is 3.92. The molecule has 2 rings (SSSR count). The fraction of sp³-hybridized carbons (Fsp3) is 0.400. The van der Waals surface area contributed by atoms with E-state index >= 15 is 0 Å². The number of hydrogen-bond acceptors (Lipinski definition) is 3. The Labute approximate surface area is 161 Å². The van der Waals surface area contributed by atoms with Crippen LogP contribution in [-0.4, -0.2) is 48.1 Å². The highest BCUT2D eigenvalue weighted by atomic mass is 16.5. The van der Waals surface area contributed by atoms with Gasteiger partial charge in [0.2, 0.25) is 5.91 Å². The smallest absolute Gasteiger partial charge is 0.221 e. The van der Waals surface area contributed by atoms with Crippen LogP contribution in [0.3, 0.4) is 0 Å². The number of hydrogen-bond donors (Lipinski definition) is 2. The van der Waals surface area contributed by atoms with Gasteiger partial charge in [-0.1, -0.05) is 6.07 Å². The molecular weight excluding hydrogens is 342 g/mol. The third kappa shape index (κ3) is 6.69. The first-order valence-electron chi connectivity index (χ1n) is 9.09. The second kappa shape index (κ2) is 10.3. The van der Waals surface area contributed by atoms with E-state index in [1.54, 1.807) is 6.07 Å². The van der Waals surface area contributed by atoms with Gasteiger partial charge in [0.15, 0.2) is 5.96 Å². The molecule has 0 fully saturated rings. The van der Waals surface area contributed by atoms with Crippen LogP contribution >= 0.6 is 0 Å². The first-order valence-corrected chi connectivity index (χ1v) is 9.09. The number of nitrogens with one attached hydrogen (secondary N) is 2. The van der Waals surface area contributed by atoms with Crippen LogP contribution in [0.1, 0.15) is 19.5 Å². The molecular formula is C20H29N5O2. The van der Waals surface area contributed by atoms with E-state index < -0.39 is 0 Å². The number of aromatic nitrogens is 1. The molecule has 1 aromatic heterocycles. The number of benzene rings is 1. The lowest BCUT2D eigenvalue weighted by atomic mass is 10.3. The minimum Gasteiger partial charge on any atom is -0.492 e. The van der Waals surface area contributed by atoms with Crippen LogP contribution in [0.5, 0.6) is 5.75 Å². The normalized spacial score (nSPS) is 11.2. The molecule has 1 amide bonds. The maximum atomic E-state index is 11.1. The van der Waals surface area contributed by atoms with E-state index in [1.807, 2.05) is 44.6 Å². The van der Waals surface area contributed by atoms with E-state index in [2.05, 4.69) is 38.1 Å². The van der Waals surface area contributed by atoms with Crippen molar-refractivity contribution in [2.45, 2.75) is 20.4 Å². The Bertz CT molecular complexity index is 769. The number of carbonyl (C=O) groups excluding carboxylic acids is 1. The molecule has 0 radical (unpaired) electrons. The first-order chi connectivity index (χ1) is 13.0. The van der Waals surface area contributed by atoms with Crippen molar-refractivity contribution in [3.8, 4) is 5.75 Å². The highest BCUT2D eigenvalue weighted by Gasteiger charge is 2.08. The SMILES string of the molecule is CCNC(=NCCOc1cccc(NC(C)=O)c1)N(C)Cc1cccn1C. The van der Waals surface area contributed by atoms with Crippen LogP contribution in [0.15, 0.2) is 47.6 Å². The van der Waals surface area contributed by atoms with Gasteiger partial charge in [-0.3, -0.25) is 4.79 Å². The first kappa shape index (κ1) is 20.4. The molecule has 27 heavy (non-hydrogen) atoms. The molecule has 0 aliphatic heterocycles. The summed E-state index contributed by atoms with van der Waals surface area (Å²) in [5.41, 5.74) is 1.94. The van der Waals surface area contributed by atoms with Gasteiger partial charge in [-0.25, -0.2) is 4.99 Å². The van der Waals surface area contributed by atoms with Crippen molar-refractivity contribution in [2.75, 3.05) is 32.1 Å². The topological polar surface area (TPSA) is 70.9 Å². The largest absolute Gasteiger partial charge is 0.492 e. The molecule has 146 valence electrons. The molecule has 0 aliphatic rings. The molecule has 1 heterocycles. The Morgan fingerprint density at radius 3 is 2.78 bits per heavy atom. The van der Waals surface area contributed by atoms with Gasteiger partial charge in [-0.15, -0.1) is 0 Å². The van der Waals surface area contributed by atoms with Gasteiger partial charge >= 0.3 is 0 Å². The Kier molecular flexibility index (Phi) is 7.73. The Morgan fingerprint density at radius 1 is 1.30 bits per heavy atom. The average molecular weight is 371 g/mol. The van der Waals surface area contributed by atoms with Gasteiger partial charge in [-0.05, 0) is 31.2 Å². The van der Waals surface area contributed by atoms with Crippen LogP contribution in [0.2, 0.25) is 0 Å². The van der Waals surface area contributed by atoms with E-state index in [9.17, 15) is 4.79 Å². The Hall–Kier alpha value is -2.96. The number of anilines is 1. The van der Waals surface area contributed by atoms with Crippen molar-refractivity contribution in [3.05, 3.63) is 48.3 Å². The fourth-order valence-corrected chi connectivity index (χ4v) is 2.63. The lowest BCUT2D eigenvalue weighted by Gasteiger charge is -2.22. The van der Waals surface area contributed by atoms with Crippen molar-refractivity contribution >= 4 is 17.6 Å². The summed E-state index contributed by atoms with van der Waals surface area (Å²) in [4.78, 5) is 17.9. The number of carbonyl (C=O) groups is 1. The molecule has 0 atom stereocenters. The molecule has 2 N–H and O–H groups in total. The molecule has 0 saturated carbocycles. The van der Waals surface area contributed by atoms with E-state index in [1.165, 1.54) is 12.6 Å². The van der Waals surface area contributed by atoms with Gasteiger partial charge in [0.1, 0.15) is 12.4 Å². The molecule has 0 spiro atoms. The van der Waals surface area contributed by atoms with Crippen LogP contribution in [0.4, 0.5) is 5.69 Å². The van der Waals surface area contributed by atoms with E-state index in [0.29, 0.717) is 18.9 Å². The molecule has 7 heteroatoms. The highest BCUT2D eigenvalue weighted by molar-refractivity contribution is 5.88. The number of rotatable bonds is 8. The number of nitrogens with zero attached hydrogens (tertiary/aromatic N) is 3.